The molecule has 1 aromatic rings. The summed E-state index contributed by atoms with van der Waals surface area (Å²) < 4.78 is 0. The number of hydrogen-bond acceptors (Lipinski definition) is 2. The van der Waals surface area contributed by atoms with Crippen molar-refractivity contribution in [2.24, 2.45) is 0 Å². The first kappa shape index (κ1) is 12.4. The molecule has 1 unspecified atom stereocenters. The average molecular weight is 233 g/mol. The maximum atomic E-state index is 9.67. The molecule has 1 aliphatic carbocycles. The highest BCUT2D eigenvalue weighted by molar-refractivity contribution is 5.38. The Morgan fingerprint density at radius 1 is 1.35 bits per heavy atom. The highest BCUT2D eigenvalue weighted by atomic mass is 16.3. The molecule has 2 nitrogen and oxygen atoms in total. The van der Waals surface area contributed by atoms with Gasteiger partial charge in [-0.2, -0.15) is 0 Å². The van der Waals surface area contributed by atoms with Crippen molar-refractivity contribution in [1.29, 1.82) is 0 Å². The van der Waals surface area contributed by atoms with Crippen LogP contribution >= 0.6 is 0 Å². The molecule has 2 heteroatoms. The predicted octanol–water partition coefficient (Wildman–Crippen LogP) is 3.50. The third-order valence-electron chi connectivity index (χ3n) is 3.77. The van der Waals surface area contributed by atoms with Gasteiger partial charge in [0.25, 0.3) is 0 Å². The van der Waals surface area contributed by atoms with Gasteiger partial charge < -0.3 is 5.11 Å². The molecule has 0 fully saturated rings. The summed E-state index contributed by atoms with van der Waals surface area (Å²) in [6.07, 6.45) is 4.85. The van der Waals surface area contributed by atoms with E-state index in [4.69, 9.17) is 0 Å². The average Bonchev–Trinajstić information content (AvgIpc) is 2.35. The molecule has 0 radical (unpaired) electrons. The minimum Gasteiger partial charge on any atom is -0.508 e. The van der Waals surface area contributed by atoms with Crippen LogP contribution in [0.2, 0.25) is 0 Å². The number of rotatable bonds is 4. The van der Waals surface area contributed by atoms with Gasteiger partial charge >= 0.3 is 0 Å². The maximum Gasteiger partial charge on any atom is 0.115 e. The van der Waals surface area contributed by atoms with E-state index >= 15 is 0 Å². The molecule has 0 heterocycles. The van der Waals surface area contributed by atoms with Gasteiger partial charge in [-0.05, 0) is 62.0 Å². The zero-order valence-corrected chi connectivity index (χ0v) is 10.9. The number of nitrogens with zero attached hydrogens (tertiary/aromatic N) is 1. The lowest BCUT2D eigenvalue weighted by molar-refractivity contribution is 0.188. The standard InChI is InChI=1S/C15H23NO/c1-3-10-16(4-2)15-7-5-6-12-8-9-13(17)11-14(12)15/h8-9,11,15,17H,3-7,10H2,1-2H3. The smallest absolute Gasteiger partial charge is 0.115 e. The van der Waals surface area contributed by atoms with Crippen LogP contribution in [0.5, 0.6) is 5.75 Å². The SMILES string of the molecule is CCCN(CC)C1CCCc2ccc(O)cc21. The molecule has 0 aliphatic heterocycles. The van der Waals surface area contributed by atoms with Crippen LogP contribution in [-0.4, -0.2) is 23.1 Å². The van der Waals surface area contributed by atoms with Gasteiger partial charge in [0, 0.05) is 6.04 Å². The molecule has 1 N–H and O–H groups in total. The largest absolute Gasteiger partial charge is 0.508 e. The fourth-order valence-corrected chi connectivity index (χ4v) is 2.96. The summed E-state index contributed by atoms with van der Waals surface area (Å²) in [6, 6.07) is 6.39. The lowest BCUT2D eigenvalue weighted by Gasteiger charge is -2.35. The number of phenolic OH excluding ortho intramolecular Hbond substituents is 1. The molecule has 2 rings (SSSR count). The molecule has 0 amide bonds. The molecule has 0 bridgehead atoms. The third kappa shape index (κ3) is 2.63. The number of fused-ring (bicyclic) bond motifs is 1. The highest BCUT2D eigenvalue weighted by Crippen LogP contribution is 2.36. The molecule has 1 aliphatic rings. The van der Waals surface area contributed by atoms with Crippen LogP contribution < -0.4 is 0 Å². The van der Waals surface area contributed by atoms with Crippen molar-refractivity contribution in [3.05, 3.63) is 29.3 Å². The molecule has 0 aromatic heterocycles. The molecule has 0 spiro atoms. The van der Waals surface area contributed by atoms with Gasteiger partial charge in [0.15, 0.2) is 0 Å². The van der Waals surface area contributed by atoms with Gasteiger partial charge in [0.05, 0.1) is 0 Å². The van der Waals surface area contributed by atoms with Crippen molar-refractivity contribution in [2.75, 3.05) is 13.1 Å². The number of aryl methyl sites for hydroxylation is 1. The molecule has 0 saturated heterocycles. The second kappa shape index (κ2) is 5.54. The van der Waals surface area contributed by atoms with Gasteiger partial charge in [0.1, 0.15) is 5.75 Å². The minimum atomic E-state index is 0.406. The van der Waals surface area contributed by atoms with Gasteiger partial charge in [0.2, 0.25) is 0 Å². The van der Waals surface area contributed by atoms with Gasteiger partial charge in [-0.3, -0.25) is 4.90 Å². The highest BCUT2D eigenvalue weighted by Gasteiger charge is 2.24. The van der Waals surface area contributed by atoms with Crippen LogP contribution in [0.4, 0.5) is 0 Å². The van der Waals surface area contributed by atoms with E-state index < -0.39 is 0 Å². The monoisotopic (exact) mass is 233 g/mol. The minimum absolute atomic E-state index is 0.406. The van der Waals surface area contributed by atoms with Crippen LogP contribution in [0.3, 0.4) is 0 Å². The van der Waals surface area contributed by atoms with E-state index in [1.54, 1.807) is 0 Å². The number of hydrogen-bond donors (Lipinski definition) is 1. The molecule has 0 saturated carbocycles. The molecule has 1 atom stereocenters. The zero-order chi connectivity index (χ0) is 12.3. The number of aromatic hydroxyl groups is 1. The lowest BCUT2D eigenvalue weighted by atomic mass is 9.86. The van der Waals surface area contributed by atoms with Crippen molar-refractivity contribution in [2.45, 2.75) is 45.6 Å². The van der Waals surface area contributed by atoms with Crippen molar-refractivity contribution in [3.63, 3.8) is 0 Å². The van der Waals surface area contributed by atoms with Crippen LogP contribution in [0.1, 0.15) is 50.3 Å². The molecule has 17 heavy (non-hydrogen) atoms. The first-order valence-corrected chi connectivity index (χ1v) is 6.82. The van der Waals surface area contributed by atoms with Crippen molar-refractivity contribution >= 4 is 0 Å². The zero-order valence-electron chi connectivity index (χ0n) is 10.9. The first-order valence-electron chi connectivity index (χ1n) is 6.82. The summed E-state index contributed by atoms with van der Waals surface area (Å²) in [7, 11) is 0. The van der Waals surface area contributed by atoms with Crippen molar-refractivity contribution in [1.82, 2.24) is 4.90 Å². The molecule has 1 aromatic carbocycles. The first-order chi connectivity index (χ1) is 8.26. The van der Waals surface area contributed by atoms with E-state index in [1.807, 2.05) is 12.1 Å². The summed E-state index contributed by atoms with van der Waals surface area (Å²) in [5, 5.41) is 9.67. The Balaban J connectivity index is 2.29. The van der Waals surface area contributed by atoms with Gasteiger partial charge in [-0.25, -0.2) is 0 Å². The summed E-state index contributed by atoms with van der Waals surface area (Å²) in [6.45, 7) is 6.70. The fourth-order valence-electron chi connectivity index (χ4n) is 2.96. The summed E-state index contributed by atoms with van der Waals surface area (Å²) in [4.78, 5) is 2.54. The molecular formula is C15H23NO. The Morgan fingerprint density at radius 3 is 2.88 bits per heavy atom. The second-order valence-corrected chi connectivity index (χ2v) is 4.92. The molecule has 94 valence electrons. The van der Waals surface area contributed by atoms with Gasteiger partial charge in [-0.15, -0.1) is 0 Å². The van der Waals surface area contributed by atoms with Crippen molar-refractivity contribution in [3.8, 4) is 5.75 Å². The van der Waals surface area contributed by atoms with Crippen LogP contribution in [0.25, 0.3) is 0 Å². The Morgan fingerprint density at radius 2 is 2.18 bits per heavy atom. The summed E-state index contributed by atoms with van der Waals surface area (Å²) >= 11 is 0. The topological polar surface area (TPSA) is 23.5 Å². The summed E-state index contributed by atoms with van der Waals surface area (Å²) in [5.74, 6) is 0.406. The second-order valence-electron chi connectivity index (χ2n) is 4.92. The molecular weight excluding hydrogens is 210 g/mol. The van der Waals surface area contributed by atoms with Gasteiger partial charge in [-0.1, -0.05) is 19.9 Å². The van der Waals surface area contributed by atoms with E-state index in [9.17, 15) is 5.11 Å². The van der Waals surface area contributed by atoms with E-state index in [2.05, 4.69) is 24.8 Å². The van der Waals surface area contributed by atoms with Crippen molar-refractivity contribution < 1.29 is 5.11 Å². The van der Waals surface area contributed by atoms with Crippen LogP contribution in [0, 0.1) is 0 Å². The van der Waals surface area contributed by atoms with E-state index in [0.29, 0.717) is 11.8 Å². The predicted molar refractivity (Wildman–Crippen MR) is 71.3 cm³/mol. The Bertz CT molecular complexity index is 375. The normalized spacial score (nSPS) is 19.4. The maximum absolute atomic E-state index is 9.67. The van der Waals surface area contributed by atoms with Crippen LogP contribution in [-0.2, 0) is 6.42 Å². The number of phenols is 1. The Kier molecular flexibility index (Phi) is 4.06. The van der Waals surface area contributed by atoms with E-state index in [0.717, 1.165) is 19.5 Å². The third-order valence-corrected chi connectivity index (χ3v) is 3.77. The van der Waals surface area contributed by atoms with E-state index in [1.165, 1.54) is 30.4 Å². The lowest BCUT2D eigenvalue weighted by Crippen LogP contribution is -2.31. The van der Waals surface area contributed by atoms with Crippen LogP contribution in [0.15, 0.2) is 18.2 Å². The quantitative estimate of drug-likeness (QED) is 0.860. The Labute approximate surface area is 104 Å². The summed E-state index contributed by atoms with van der Waals surface area (Å²) in [5.41, 5.74) is 2.78. The van der Waals surface area contributed by atoms with E-state index in [-0.39, 0.29) is 0 Å². The fraction of sp³-hybridized carbons (Fsp3) is 0.600. The Hall–Kier alpha value is -1.02. The number of benzene rings is 1.